The molecule has 0 saturated carbocycles. The number of halogens is 3. The Bertz CT molecular complexity index is 488. The van der Waals surface area contributed by atoms with Crippen LogP contribution in [0.3, 0.4) is 0 Å². The van der Waals surface area contributed by atoms with Gasteiger partial charge >= 0.3 is 6.18 Å². The van der Waals surface area contributed by atoms with E-state index in [9.17, 15) is 18.0 Å². The summed E-state index contributed by atoms with van der Waals surface area (Å²) in [4.78, 5) is 13.2. The molecule has 3 nitrogen and oxygen atoms in total. The van der Waals surface area contributed by atoms with Crippen molar-refractivity contribution in [3.8, 4) is 0 Å². The summed E-state index contributed by atoms with van der Waals surface area (Å²) in [7, 11) is 0. The highest BCUT2D eigenvalue weighted by molar-refractivity contribution is 5.78. The Morgan fingerprint density at radius 2 is 2.10 bits per heavy atom. The van der Waals surface area contributed by atoms with Crippen molar-refractivity contribution in [1.82, 2.24) is 4.90 Å². The molecule has 110 valence electrons. The molecule has 0 spiro atoms. The lowest BCUT2D eigenvalue weighted by molar-refractivity contribution is -0.137. The summed E-state index contributed by atoms with van der Waals surface area (Å²) in [6.45, 7) is 0.830. The normalized spacial score (nSPS) is 19.7. The van der Waals surface area contributed by atoms with Gasteiger partial charge in [0.15, 0.2) is 0 Å². The second kappa shape index (κ2) is 5.83. The highest BCUT2D eigenvalue weighted by atomic mass is 19.4. The molecule has 1 unspecified atom stereocenters. The van der Waals surface area contributed by atoms with E-state index in [1.165, 1.54) is 6.07 Å². The van der Waals surface area contributed by atoms with Crippen LogP contribution in [0.4, 0.5) is 13.2 Å². The van der Waals surface area contributed by atoms with Gasteiger partial charge in [-0.15, -0.1) is 0 Å². The van der Waals surface area contributed by atoms with E-state index in [0.717, 1.165) is 12.1 Å². The second-order valence-electron chi connectivity index (χ2n) is 5.04. The van der Waals surface area contributed by atoms with Crippen LogP contribution in [0.5, 0.6) is 0 Å². The molecule has 1 atom stereocenters. The van der Waals surface area contributed by atoms with E-state index in [1.807, 2.05) is 0 Å². The van der Waals surface area contributed by atoms with E-state index in [2.05, 4.69) is 0 Å². The Hall–Kier alpha value is -1.56. The molecule has 1 aromatic rings. The molecule has 1 fully saturated rings. The molecule has 0 bridgehead atoms. The fourth-order valence-electron chi connectivity index (χ4n) is 2.36. The largest absolute Gasteiger partial charge is 0.416 e. The number of carbonyl (C=O) groups is 1. The number of carbonyl (C=O) groups excluding carboxylic acids is 1. The molecule has 1 saturated heterocycles. The minimum Gasteiger partial charge on any atom is -0.396 e. The van der Waals surface area contributed by atoms with Crippen LogP contribution >= 0.6 is 0 Å². The van der Waals surface area contributed by atoms with Gasteiger partial charge in [-0.05, 0) is 18.1 Å². The second-order valence-corrected chi connectivity index (χ2v) is 5.04. The fraction of sp³-hybridized carbons (Fsp3) is 0.500. The van der Waals surface area contributed by atoms with Gasteiger partial charge in [-0.2, -0.15) is 13.2 Å². The number of amides is 1. The molecule has 20 heavy (non-hydrogen) atoms. The Balaban J connectivity index is 1.96. The van der Waals surface area contributed by atoms with Gasteiger partial charge in [-0.3, -0.25) is 4.79 Å². The third-order valence-electron chi connectivity index (χ3n) is 3.48. The molecule has 1 N–H and O–H groups in total. The first-order valence-corrected chi connectivity index (χ1v) is 6.45. The average molecular weight is 287 g/mol. The third-order valence-corrected chi connectivity index (χ3v) is 3.48. The zero-order valence-electron chi connectivity index (χ0n) is 10.9. The zero-order chi connectivity index (χ0) is 14.8. The highest BCUT2D eigenvalue weighted by Gasteiger charge is 2.31. The minimum absolute atomic E-state index is 0.0359. The van der Waals surface area contributed by atoms with Gasteiger partial charge in [0, 0.05) is 32.0 Å². The minimum atomic E-state index is -4.35. The van der Waals surface area contributed by atoms with Crippen LogP contribution < -0.4 is 0 Å². The van der Waals surface area contributed by atoms with Crippen molar-refractivity contribution < 1.29 is 23.1 Å². The van der Waals surface area contributed by atoms with Crippen molar-refractivity contribution in [2.45, 2.75) is 19.0 Å². The number of hydrogen-bond acceptors (Lipinski definition) is 2. The number of hydrogen-bond donors (Lipinski definition) is 1. The monoisotopic (exact) mass is 287 g/mol. The third kappa shape index (κ3) is 3.50. The predicted octanol–water partition coefficient (Wildman–Crippen LogP) is 2.09. The fourth-order valence-corrected chi connectivity index (χ4v) is 2.36. The van der Waals surface area contributed by atoms with E-state index in [0.29, 0.717) is 31.5 Å². The number of rotatable bonds is 4. The predicted molar refractivity (Wildman–Crippen MR) is 66.9 cm³/mol. The summed E-state index contributed by atoms with van der Waals surface area (Å²) < 4.78 is 37.7. The summed E-state index contributed by atoms with van der Waals surface area (Å²) in [5.74, 6) is -0.0972. The number of aliphatic hydroxyl groups excluding tert-OH is 1. The number of nitrogens with zero attached hydrogens (tertiary/aromatic N) is 1. The van der Waals surface area contributed by atoms with Gasteiger partial charge in [-0.25, -0.2) is 0 Å². The SMILES string of the molecule is O=C1CC(CO)CN1CCc1cccc(C(F)(F)F)c1. The molecular formula is C14H16F3NO2. The van der Waals surface area contributed by atoms with Crippen LogP contribution in [0, 0.1) is 5.92 Å². The standard InChI is InChI=1S/C14H16F3NO2/c15-14(16,17)12-3-1-2-10(6-12)4-5-18-8-11(9-19)7-13(18)20/h1-3,6,11,19H,4-5,7-9H2. The van der Waals surface area contributed by atoms with Crippen LogP contribution in [0.15, 0.2) is 24.3 Å². The van der Waals surface area contributed by atoms with Crippen molar-refractivity contribution >= 4 is 5.91 Å². The number of alkyl halides is 3. The smallest absolute Gasteiger partial charge is 0.396 e. The van der Waals surface area contributed by atoms with E-state index in [4.69, 9.17) is 5.11 Å². The van der Waals surface area contributed by atoms with Crippen molar-refractivity contribution in [2.75, 3.05) is 19.7 Å². The maximum absolute atomic E-state index is 12.6. The summed E-state index contributed by atoms with van der Waals surface area (Å²) in [5.41, 5.74) is -0.115. The zero-order valence-corrected chi connectivity index (χ0v) is 10.9. The quantitative estimate of drug-likeness (QED) is 0.921. The molecule has 1 heterocycles. The molecule has 1 aromatic carbocycles. The molecule has 1 aliphatic rings. The van der Waals surface area contributed by atoms with Gasteiger partial charge in [0.25, 0.3) is 0 Å². The first kappa shape index (κ1) is 14.8. The van der Waals surface area contributed by atoms with E-state index < -0.39 is 11.7 Å². The number of aliphatic hydroxyl groups is 1. The average Bonchev–Trinajstić information content (AvgIpc) is 2.76. The topological polar surface area (TPSA) is 40.5 Å². The maximum Gasteiger partial charge on any atom is 0.416 e. The van der Waals surface area contributed by atoms with E-state index in [-0.39, 0.29) is 18.4 Å². The van der Waals surface area contributed by atoms with Crippen LogP contribution in [0.25, 0.3) is 0 Å². The molecule has 1 amide bonds. The van der Waals surface area contributed by atoms with E-state index in [1.54, 1.807) is 11.0 Å². The molecule has 2 rings (SSSR count). The summed E-state index contributed by atoms with van der Waals surface area (Å²) in [6, 6.07) is 5.15. The molecule has 0 radical (unpaired) electrons. The molecule has 6 heteroatoms. The van der Waals surface area contributed by atoms with Crippen LogP contribution in [-0.2, 0) is 17.4 Å². The Morgan fingerprint density at radius 1 is 1.35 bits per heavy atom. The van der Waals surface area contributed by atoms with Gasteiger partial charge in [0.05, 0.1) is 5.56 Å². The lowest BCUT2D eigenvalue weighted by Gasteiger charge is -2.16. The first-order chi connectivity index (χ1) is 9.40. The summed E-state index contributed by atoms with van der Waals surface area (Å²) >= 11 is 0. The van der Waals surface area contributed by atoms with Crippen LogP contribution in [0.2, 0.25) is 0 Å². The summed E-state index contributed by atoms with van der Waals surface area (Å²) in [6.07, 6.45) is -3.64. The van der Waals surface area contributed by atoms with Crippen molar-refractivity contribution in [1.29, 1.82) is 0 Å². The Kier molecular flexibility index (Phi) is 4.32. The van der Waals surface area contributed by atoms with Gasteiger partial charge in [0.2, 0.25) is 5.91 Å². The molecular weight excluding hydrogens is 271 g/mol. The van der Waals surface area contributed by atoms with Crippen LogP contribution in [0.1, 0.15) is 17.5 Å². The summed E-state index contributed by atoms with van der Waals surface area (Å²) in [5, 5.41) is 9.01. The van der Waals surface area contributed by atoms with Crippen molar-refractivity contribution in [3.63, 3.8) is 0 Å². The van der Waals surface area contributed by atoms with Crippen molar-refractivity contribution in [2.24, 2.45) is 5.92 Å². The van der Waals surface area contributed by atoms with E-state index >= 15 is 0 Å². The first-order valence-electron chi connectivity index (χ1n) is 6.45. The van der Waals surface area contributed by atoms with Gasteiger partial charge in [-0.1, -0.05) is 18.2 Å². The number of likely N-dealkylation sites (tertiary alicyclic amines) is 1. The van der Waals surface area contributed by atoms with Crippen molar-refractivity contribution in [3.05, 3.63) is 35.4 Å². The lowest BCUT2D eigenvalue weighted by Crippen LogP contribution is -2.28. The maximum atomic E-state index is 12.6. The lowest BCUT2D eigenvalue weighted by atomic mass is 10.1. The Morgan fingerprint density at radius 3 is 2.70 bits per heavy atom. The van der Waals surface area contributed by atoms with Crippen LogP contribution in [-0.4, -0.2) is 35.6 Å². The van der Waals surface area contributed by atoms with Gasteiger partial charge < -0.3 is 10.0 Å². The molecule has 0 aromatic heterocycles. The number of benzene rings is 1. The molecule has 0 aliphatic carbocycles. The molecule has 1 aliphatic heterocycles. The highest BCUT2D eigenvalue weighted by Crippen LogP contribution is 2.29. The van der Waals surface area contributed by atoms with Gasteiger partial charge in [0.1, 0.15) is 0 Å². The Labute approximate surface area is 115 Å².